The Morgan fingerprint density at radius 2 is 1.95 bits per heavy atom. The van der Waals surface area contributed by atoms with E-state index in [0.717, 1.165) is 0 Å². The lowest BCUT2D eigenvalue weighted by molar-refractivity contribution is -0.148. The van der Waals surface area contributed by atoms with Gasteiger partial charge >= 0.3 is 5.97 Å². The molecule has 1 heterocycles. The van der Waals surface area contributed by atoms with Crippen LogP contribution in [0.3, 0.4) is 0 Å². The maximum atomic E-state index is 13.5. The molecule has 1 amide bonds. The number of carbonyl (C=O) groups excluding carboxylic acids is 2. The largest absolute Gasteiger partial charge is 0.469 e. The zero-order valence-electron chi connectivity index (χ0n) is 12.2. The first kappa shape index (κ1) is 15.5. The van der Waals surface area contributed by atoms with E-state index in [1.54, 1.807) is 23.1 Å². The molecule has 0 atom stereocenters. The lowest BCUT2D eigenvalue weighted by Crippen LogP contribution is -2.40. The fourth-order valence-corrected chi connectivity index (χ4v) is 2.63. The second kappa shape index (κ2) is 7.20. The van der Waals surface area contributed by atoms with Crippen molar-refractivity contribution in [3.05, 3.63) is 35.6 Å². The molecular weight excluding hydrogens is 273 g/mol. The quantitative estimate of drug-likeness (QED) is 0.799. The summed E-state index contributed by atoms with van der Waals surface area (Å²) in [6.45, 7) is 1.13. The van der Waals surface area contributed by atoms with Crippen molar-refractivity contribution in [1.29, 1.82) is 0 Å². The molecule has 0 aliphatic carbocycles. The summed E-state index contributed by atoms with van der Waals surface area (Å²) in [5.74, 6) is -0.560. The van der Waals surface area contributed by atoms with Gasteiger partial charge in [-0.1, -0.05) is 18.2 Å². The van der Waals surface area contributed by atoms with Crippen LogP contribution >= 0.6 is 0 Å². The minimum Gasteiger partial charge on any atom is -0.469 e. The highest BCUT2D eigenvalue weighted by molar-refractivity contribution is 5.77. The molecule has 0 radical (unpaired) electrons. The highest BCUT2D eigenvalue weighted by atomic mass is 19.1. The predicted molar refractivity (Wildman–Crippen MR) is 76.0 cm³/mol. The zero-order valence-corrected chi connectivity index (χ0v) is 12.2. The van der Waals surface area contributed by atoms with Gasteiger partial charge < -0.3 is 9.64 Å². The summed E-state index contributed by atoms with van der Waals surface area (Å²) in [6, 6.07) is 6.51. The van der Waals surface area contributed by atoms with Crippen LogP contribution in [0, 0.1) is 11.7 Å². The Labute approximate surface area is 123 Å². The summed E-state index contributed by atoms with van der Waals surface area (Å²) < 4.78 is 18.2. The van der Waals surface area contributed by atoms with E-state index >= 15 is 0 Å². The maximum absolute atomic E-state index is 13.5. The number of rotatable bonds is 4. The van der Waals surface area contributed by atoms with Gasteiger partial charge in [0.15, 0.2) is 0 Å². The topological polar surface area (TPSA) is 46.6 Å². The minimum atomic E-state index is -0.269. The Balaban J connectivity index is 1.80. The molecule has 0 aromatic heterocycles. The number of hydrogen-bond donors (Lipinski definition) is 0. The molecule has 1 aromatic rings. The van der Waals surface area contributed by atoms with Crippen LogP contribution in [-0.4, -0.2) is 37.0 Å². The lowest BCUT2D eigenvalue weighted by atomic mass is 9.96. The number of benzene rings is 1. The number of aryl methyl sites for hydroxylation is 1. The third-order valence-electron chi connectivity index (χ3n) is 3.95. The van der Waals surface area contributed by atoms with Gasteiger partial charge in [-0.15, -0.1) is 0 Å². The first-order valence-corrected chi connectivity index (χ1v) is 7.21. The third kappa shape index (κ3) is 4.03. The third-order valence-corrected chi connectivity index (χ3v) is 3.95. The second-order valence-corrected chi connectivity index (χ2v) is 5.27. The summed E-state index contributed by atoms with van der Waals surface area (Å²) in [7, 11) is 1.38. The van der Waals surface area contributed by atoms with Crippen molar-refractivity contribution in [1.82, 2.24) is 4.90 Å². The fraction of sp³-hybridized carbons (Fsp3) is 0.500. The van der Waals surface area contributed by atoms with Crippen LogP contribution in [0.15, 0.2) is 24.3 Å². The SMILES string of the molecule is COC(=O)C1CCN(C(=O)CCc2ccccc2F)CC1. The van der Waals surface area contributed by atoms with E-state index in [2.05, 4.69) is 0 Å². The van der Waals surface area contributed by atoms with E-state index < -0.39 is 0 Å². The van der Waals surface area contributed by atoms with Crippen LogP contribution in [0.4, 0.5) is 4.39 Å². The van der Waals surface area contributed by atoms with E-state index in [4.69, 9.17) is 4.74 Å². The average Bonchev–Trinajstić information content (AvgIpc) is 2.53. The molecule has 114 valence electrons. The smallest absolute Gasteiger partial charge is 0.308 e. The van der Waals surface area contributed by atoms with Crippen molar-refractivity contribution in [2.45, 2.75) is 25.7 Å². The number of likely N-dealkylation sites (tertiary alicyclic amines) is 1. The minimum absolute atomic E-state index is 0.0153. The number of ether oxygens (including phenoxy) is 1. The summed E-state index contributed by atoms with van der Waals surface area (Å²) in [5.41, 5.74) is 0.565. The molecule has 0 spiro atoms. The Bertz CT molecular complexity index is 510. The highest BCUT2D eigenvalue weighted by Gasteiger charge is 2.27. The zero-order chi connectivity index (χ0) is 15.2. The van der Waals surface area contributed by atoms with E-state index in [9.17, 15) is 14.0 Å². The van der Waals surface area contributed by atoms with Gasteiger partial charge in [-0.2, -0.15) is 0 Å². The fourth-order valence-electron chi connectivity index (χ4n) is 2.63. The molecule has 1 fully saturated rings. The number of nitrogens with zero attached hydrogens (tertiary/aromatic N) is 1. The monoisotopic (exact) mass is 293 g/mol. The number of hydrogen-bond acceptors (Lipinski definition) is 3. The maximum Gasteiger partial charge on any atom is 0.308 e. The molecule has 0 saturated carbocycles. The molecule has 21 heavy (non-hydrogen) atoms. The van der Waals surface area contributed by atoms with Crippen LogP contribution in [0.2, 0.25) is 0 Å². The van der Waals surface area contributed by atoms with E-state index in [-0.39, 0.29) is 23.6 Å². The van der Waals surface area contributed by atoms with Crippen LogP contribution in [0.1, 0.15) is 24.8 Å². The Morgan fingerprint density at radius 3 is 2.57 bits per heavy atom. The number of esters is 1. The van der Waals surface area contributed by atoms with Gasteiger partial charge in [-0.3, -0.25) is 9.59 Å². The number of methoxy groups -OCH3 is 1. The molecule has 1 saturated heterocycles. The van der Waals surface area contributed by atoms with Crippen molar-refractivity contribution in [2.24, 2.45) is 5.92 Å². The molecule has 4 nitrogen and oxygen atoms in total. The van der Waals surface area contributed by atoms with Gasteiger partial charge in [0.1, 0.15) is 5.82 Å². The average molecular weight is 293 g/mol. The van der Waals surface area contributed by atoms with Crippen LogP contribution in [-0.2, 0) is 20.7 Å². The first-order chi connectivity index (χ1) is 10.1. The van der Waals surface area contributed by atoms with E-state index in [1.165, 1.54) is 13.2 Å². The van der Waals surface area contributed by atoms with Gasteiger partial charge in [-0.25, -0.2) is 4.39 Å². The molecule has 1 aliphatic heterocycles. The summed E-state index contributed by atoms with van der Waals surface area (Å²) in [4.78, 5) is 25.3. The van der Waals surface area contributed by atoms with E-state index in [0.29, 0.717) is 44.3 Å². The standard InChI is InChI=1S/C16H20FNO3/c1-21-16(20)13-8-10-18(11-9-13)15(19)7-6-12-4-2-3-5-14(12)17/h2-5,13H,6-11H2,1H3. The van der Waals surface area contributed by atoms with Crippen LogP contribution in [0.25, 0.3) is 0 Å². The first-order valence-electron chi connectivity index (χ1n) is 7.21. The van der Waals surface area contributed by atoms with Crippen molar-refractivity contribution < 1.29 is 18.7 Å². The molecule has 0 unspecified atom stereocenters. The molecule has 5 heteroatoms. The Hall–Kier alpha value is -1.91. The summed E-state index contributed by atoms with van der Waals surface area (Å²) in [6.07, 6.45) is 1.97. The van der Waals surface area contributed by atoms with E-state index in [1.807, 2.05) is 0 Å². The van der Waals surface area contributed by atoms with Crippen molar-refractivity contribution in [2.75, 3.05) is 20.2 Å². The number of carbonyl (C=O) groups is 2. The van der Waals surface area contributed by atoms with Crippen molar-refractivity contribution >= 4 is 11.9 Å². The summed E-state index contributed by atoms with van der Waals surface area (Å²) in [5, 5.41) is 0. The second-order valence-electron chi connectivity index (χ2n) is 5.27. The molecule has 1 aromatic carbocycles. The lowest BCUT2D eigenvalue weighted by Gasteiger charge is -2.30. The predicted octanol–water partition coefficient (Wildman–Crippen LogP) is 2.17. The number of halogens is 1. The van der Waals surface area contributed by atoms with Gasteiger partial charge in [0.25, 0.3) is 0 Å². The highest BCUT2D eigenvalue weighted by Crippen LogP contribution is 2.19. The van der Waals surface area contributed by atoms with Gasteiger partial charge in [0, 0.05) is 19.5 Å². The molecule has 0 bridgehead atoms. The van der Waals surface area contributed by atoms with Crippen LogP contribution < -0.4 is 0 Å². The normalized spacial score (nSPS) is 15.8. The van der Waals surface area contributed by atoms with Gasteiger partial charge in [0.05, 0.1) is 13.0 Å². The van der Waals surface area contributed by atoms with Crippen molar-refractivity contribution in [3.8, 4) is 0 Å². The number of amides is 1. The molecule has 2 rings (SSSR count). The summed E-state index contributed by atoms with van der Waals surface area (Å²) >= 11 is 0. The van der Waals surface area contributed by atoms with Crippen LogP contribution in [0.5, 0.6) is 0 Å². The molecule has 0 N–H and O–H groups in total. The molecular formula is C16H20FNO3. The Morgan fingerprint density at radius 1 is 1.29 bits per heavy atom. The van der Waals surface area contributed by atoms with Gasteiger partial charge in [0.2, 0.25) is 5.91 Å². The number of piperidine rings is 1. The molecule has 1 aliphatic rings. The Kier molecular flexibility index (Phi) is 5.31. The van der Waals surface area contributed by atoms with Gasteiger partial charge in [-0.05, 0) is 30.9 Å². The van der Waals surface area contributed by atoms with Crippen molar-refractivity contribution in [3.63, 3.8) is 0 Å².